The van der Waals surface area contributed by atoms with E-state index >= 15 is 0 Å². The third kappa shape index (κ3) is 6.56. The Labute approximate surface area is 155 Å². The van der Waals surface area contributed by atoms with E-state index in [0.717, 1.165) is 31.0 Å². The molecule has 0 unspecified atom stereocenters. The molecule has 0 amide bonds. The second kappa shape index (κ2) is 10.5. The van der Waals surface area contributed by atoms with Gasteiger partial charge in [0.05, 0.1) is 0 Å². The average Bonchev–Trinajstić information content (AvgIpc) is 2.57. The highest BCUT2D eigenvalue weighted by Gasteiger charge is 2.31. The van der Waals surface area contributed by atoms with Crippen LogP contribution in [0.2, 0.25) is 0 Å². The van der Waals surface area contributed by atoms with E-state index < -0.39 is 35.9 Å². The molecule has 1 rings (SSSR count). The van der Waals surface area contributed by atoms with E-state index in [0.29, 0.717) is 6.42 Å². The van der Waals surface area contributed by atoms with Crippen molar-refractivity contribution in [3.63, 3.8) is 0 Å². The van der Waals surface area contributed by atoms with E-state index in [9.17, 15) is 13.6 Å². The second-order valence-electron chi connectivity index (χ2n) is 7.11. The minimum atomic E-state index is -0.717. The van der Waals surface area contributed by atoms with Gasteiger partial charge in [-0.3, -0.25) is 4.79 Å². The van der Waals surface area contributed by atoms with Crippen LogP contribution in [0.1, 0.15) is 53.9 Å². The highest BCUT2D eigenvalue weighted by Crippen LogP contribution is 2.27. The molecule has 1 aromatic carbocycles. The molecule has 2 N–H and O–H groups in total. The molecular weight excluding hydrogens is 340 g/mol. The molecule has 0 aliphatic heterocycles. The number of hydrogen-bond donors (Lipinski definition) is 1. The number of carbonyl (C=O) groups is 1. The quantitative estimate of drug-likeness (QED) is 0.617. The normalized spacial score (nSPS) is 15.0. The van der Waals surface area contributed by atoms with E-state index in [4.69, 9.17) is 15.2 Å². The predicted octanol–water partition coefficient (Wildman–Crippen LogP) is 4.45. The molecule has 4 nitrogen and oxygen atoms in total. The first-order chi connectivity index (χ1) is 12.2. The van der Waals surface area contributed by atoms with Crippen LogP contribution in [0, 0.1) is 23.5 Å². The Bertz CT molecular complexity index is 576. The number of hydrogen-bond acceptors (Lipinski definition) is 4. The molecule has 0 bridgehead atoms. The lowest BCUT2D eigenvalue weighted by atomic mass is 9.93. The fourth-order valence-corrected chi connectivity index (χ4v) is 2.98. The maximum atomic E-state index is 14.0. The molecule has 0 aromatic heterocycles. The number of ether oxygens (including phenoxy) is 2. The molecule has 1 aromatic rings. The van der Waals surface area contributed by atoms with E-state index in [2.05, 4.69) is 0 Å². The van der Waals surface area contributed by atoms with Crippen LogP contribution in [0.3, 0.4) is 0 Å². The van der Waals surface area contributed by atoms with Crippen molar-refractivity contribution in [2.24, 2.45) is 17.6 Å². The van der Waals surface area contributed by atoms with Crippen molar-refractivity contribution in [2.75, 3.05) is 0 Å². The summed E-state index contributed by atoms with van der Waals surface area (Å²) >= 11 is 0. The number of halogens is 2. The topological polar surface area (TPSA) is 61.5 Å². The lowest BCUT2D eigenvalue weighted by Gasteiger charge is -2.31. The Hall–Kier alpha value is -1.69. The first-order valence-electron chi connectivity index (χ1n) is 9.27. The number of carbonyl (C=O) groups excluding carboxylic acids is 1. The summed E-state index contributed by atoms with van der Waals surface area (Å²) in [7, 11) is 0. The zero-order chi connectivity index (χ0) is 19.9. The minimum Gasteiger partial charge on any atom is -0.483 e. The summed E-state index contributed by atoms with van der Waals surface area (Å²) in [6.45, 7) is 9.59. The molecule has 6 heteroatoms. The first-order valence-corrected chi connectivity index (χ1v) is 9.27. The van der Waals surface area contributed by atoms with Crippen molar-refractivity contribution in [3.8, 4) is 5.75 Å². The van der Waals surface area contributed by atoms with Crippen molar-refractivity contribution in [3.05, 3.63) is 29.8 Å². The van der Waals surface area contributed by atoms with Crippen LogP contribution in [0.5, 0.6) is 5.75 Å². The van der Waals surface area contributed by atoms with Crippen molar-refractivity contribution < 1.29 is 23.0 Å². The van der Waals surface area contributed by atoms with Crippen LogP contribution in [0.4, 0.5) is 8.78 Å². The second-order valence-corrected chi connectivity index (χ2v) is 7.11. The Morgan fingerprint density at radius 1 is 1.15 bits per heavy atom. The maximum absolute atomic E-state index is 14.0. The van der Waals surface area contributed by atoms with E-state index in [1.807, 2.05) is 27.7 Å². The standard InChI is InChI=1S/C20H31F2NO3/c1-6-14(7-2)19(26-18-11-15(21)8-9-16(18)22)13(5)25-20(24)17(23)10-12(3)4/h8-9,11-14,17,19H,6-7,10,23H2,1-5H3/t13-,17-,19+/m0/s1. The highest BCUT2D eigenvalue weighted by molar-refractivity contribution is 5.75. The SMILES string of the molecule is CCC(CC)[C@H](Oc1cc(F)ccc1F)[C@H](C)OC(=O)[C@@H](N)CC(C)C. The molecule has 0 fully saturated rings. The molecule has 148 valence electrons. The molecule has 0 saturated carbocycles. The van der Waals surface area contributed by atoms with E-state index in [1.54, 1.807) is 6.92 Å². The van der Waals surface area contributed by atoms with Gasteiger partial charge in [0.15, 0.2) is 11.6 Å². The summed E-state index contributed by atoms with van der Waals surface area (Å²) < 4.78 is 38.7. The lowest BCUT2D eigenvalue weighted by Crippen LogP contribution is -2.43. The number of benzene rings is 1. The summed E-state index contributed by atoms with van der Waals surface area (Å²) in [5.74, 6) is -1.66. The third-order valence-electron chi connectivity index (χ3n) is 4.46. The Kier molecular flexibility index (Phi) is 8.99. The lowest BCUT2D eigenvalue weighted by molar-refractivity contribution is -0.156. The van der Waals surface area contributed by atoms with Gasteiger partial charge in [-0.25, -0.2) is 8.78 Å². The fraction of sp³-hybridized carbons (Fsp3) is 0.650. The van der Waals surface area contributed by atoms with Crippen molar-refractivity contribution in [2.45, 2.75) is 72.1 Å². The van der Waals surface area contributed by atoms with Gasteiger partial charge in [-0.1, -0.05) is 27.7 Å². The zero-order valence-electron chi connectivity index (χ0n) is 16.3. The van der Waals surface area contributed by atoms with Crippen molar-refractivity contribution in [1.29, 1.82) is 0 Å². The molecule has 0 heterocycles. The van der Waals surface area contributed by atoms with Crippen LogP contribution < -0.4 is 10.5 Å². The number of nitrogens with two attached hydrogens (primary N) is 1. The summed E-state index contributed by atoms with van der Waals surface area (Å²) in [6.07, 6.45) is 0.765. The summed E-state index contributed by atoms with van der Waals surface area (Å²) in [5.41, 5.74) is 5.88. The summed E-state index contributed by atoms with van der Waals surface area (Å²) in [5, 5.41) is 0. The molecule has 0 aliphatic carbocycles. The molecule has 0 aliphatic rings. The summed E-state index contributed by atoms with van der Waals surface area (Å²) in [4.78, 5) is 12.2. The van der Waals surface area contributed by atoms with Gasteiger partial charge in [-0.15, -0.1) is 0 Å². The van der Waals surface area contributed by atoms with Gasteiger partial charge < -0.3 is 15.2 Å². The Morgan fingerprint density at radius 3 is 2.31 bits per heavy atom. The molecule has 3 atom stereocenters. The summed E-state index contributed by atoms with van der Waals surface area (Å²) in [6, 6.07) is 2.33. The van der Waals surface area contributed by atoms with Gasteiger partial charge in [0, 0.05) is 6.07 Å². The molecule has 26 heavy (non-hydrogen) atoms. The number of rotatable bonds is 10. The maximum Gasteiger partial charge on any atom is 0.323 e. The molecule has 0 spiro atoms. The van der Waals surface area contributed by atoms with Crippen LogP contribution in [0.25, 0.3) is 0 Å². The fourth-order valence-electron chi connectivity index (χ4n) is 2.98. The first kappa shape index (κ1) is 22.4. The van der Waals surface area contributed by atoms with Crippen LogP contribution in [0.15, 0.2) is 18.2 Å². The molecule has 0 saturated heterocycles. The van der Waals surface area contributed by atoms with Gasteiger partial charge in [-0.05, 0) is 50.2 Å². The van der Waals surface area contributed by atoms with Gasteiger partial charge in [0.1, 0.15) is 24.1 Å². The largest absolute Gasteiger partial charge is 0.483 e. The average molecular weight is 371 g/mol. The molecular formula is C20H31F2NO3. The van der Waals surface area contributed by atoms with Crippen LogP contribution in [-0.4, -0.2) is 24.2 Å². The van der Waals surface area contributed by atoms with Gasteiger partial charge in [0.25, 0.3) is 0 Å². The van der Waals surface area contributed by atoms with Gasteiger partial charge in [0.2, 0.25) is 0 Å². The van der Waals surface area contributed by atoms with E-state index in [-0.39, 0.29) is 17.6 Å². The van der Waals surface area contributed by atoms with Crippen LogP contribution >= 0.6 is 0 Å². The zero-order valence-corrected chi connectivity index (χ0v) is 16.3. The van der Waals surface area contributed by atoms with Gasteiger partial charge in [-0.2, -0.15) is 0 Å². The smallest absolute Gasteiger partial charge is 0.323 e. The predicted molar refractivity (Wildman–Crippen MR) is 97.8 cm³/mol. The van der Waals surface area contributed by atoms with Crippen LogP contribution in [-0.2, 0) is 9.53 Å². The van der Waals surface area contributed by atoms with Crippen molar-refractivity contribution in [1.82, 2.24) is 0 Å². The van der Waals surface area contributed by atoms with E-state index in [1.165, 1.54) is 0 Å². The molecule has 0 radical (unpaired) electrons. The minimum absolute atomic E-state index is 0.0155. The Balaban J connectivity index is 2.95. The third-order valence-corrected chi connectivity index (χ3v) is 4.46. The highest BCUT2D eigenvalue weighted by atomic mass is 19.1. The number of esters is 1. The monoisotopic (exact) mass is 371 g/mol. The van der Waals surface area contributed by atoms with Crippen molar-refractivity contribution >= 4 is 5.97 Å². The Morgan fingerprint density at radius 2 is 1.77 bits per heavy atom. The van der Waals surface area contributed by atoms with Gasteiger partial charge >= 0.3 is 5.97 Å².